The fourth-order valence-electron chi connectivity index (χ4n) is 2.81. The second-order valence-corrected chi connectivity index (χ2v) is 7.09. The molecule has 7 heteroatoms. The maximum absolute atomic E-state index is 12.2. The maximum atomic E-state index is 12.2. The van der Waals surface area contributed by atoms with Crippen LogP contribution in [-0.4, -0.2) is 29.3 Å². The second-order valence-electron chi connectivity index (χ2n) is 6.11. The van der Waals surface area contributed by atoms with Gasteiger partial charge in [-0.15, -0.1) is 11.8 Å². The lowest BCUT2D eigenvalue weighted by atomic mass is 10.0. The minimum Gasteiger partial charge on any atom is -0.493 e. The number of nitriles is 1. The van der Waals surface area contributed by atoms with Crippen molar-refractivity contribution in [2.45, 2.75) is 18.2 Å². The number of carbonyl (C=O) groups is 2. The number of carboxylic acids is 1. The zero-order valence-electron chi connectivity index (χ0n) is 14.5. The summed E-state index contributed by atoms with van der Waals surface area (Å²) in [5, 5.41) is 20.9. The van der Waals surface area contributed by atoms with Crippen molar-refractivity contribution in [3.8, 4) is 11.8 Å². The first kappa shape index (κ1) is 18.8. The van der Waals surface area contributed by atoms with Crippen LogP contribution in [0, 0.1) is 11.3 Å². The van der Waals surface area contributed by atoms with Crippen molar-refractivity contribution >= 4 is 23.6 Å². The van der Waals surface area contributed by atoms with E-state index in [1.54, 1.807) is 30.3 Å². The molecule has 6 nitrogen and oxygen atoms in total. The summed E-state index contributed by atoms with van der Waals surface area (Å²) in [6.45, 7) is 0.592. The highest BCUT2D eigenvalue weighted by Crippen LogP contribution is 2.28. The first-order chi connectivity index (χ1) is 13.1. The first-order valence-corrected chi connectivity index (χ1v) is 9.57. The van der Waals surface area contributed by atoms with Crippen molar-refractivity contribution in [1.82, 2.24) is 5.32 Å². The van der Waals surface area contributed by atoms with Gasteiger partial charge in [0.25, 0.3) is 0 Å². The average molecular weight is 382 g/mol. The predicted octanol–water partition coefficient (Wildman–Crippen LogP) is 2.67. The molecule has 0 aliphatic carbocycles. The lowest BCUT2D eigenvalue weighted by Crippen LogP contribution is -2.34. The number of fused-ring (bicyclic) bond motifs is 1. The number of thioether (sulfide) groups is 1. The lowest BCUT2D eigenvalue weighted by molar-refractivity contribution is -0.141. The van der Waals surface area contributed by atoms with Gasteiger partial charge in [-0.25, -0.2) is 4.79 Å². The number of nitrogens with zero attached hydrogens (tertiary/aromatic N) is 1. The summed E-state index contributed by atoms with van der Waals surface area (Å²) >= 11 is 1.39. The Morgan fingerprint density at radius 2 is 2.04 bits per heavy atom. The Morgan fingerprint density at radius 3 is 2.74 bits per heavy atom. The standard InChI is InChI=1S/C20H18N2O4S/c21-10-13-1-3-14(4-2-13)11-27-12-18(23)22-19(20(24)25)16-5-6-17-15(9-16)7-8-26-17/h1-6,9,19H,7-8,11-12H2,(H,22,23)(H,24,25). The Kier molecular flexibility index (Phi) is 5.99. The van der Waals surface area contributed by atoms with Gasteiger partial charge in [0.1, 0.15) is 5.75 Å². The number of hydrogen-bond acceptors (Lipinski definition) is 5. The highest BCUT2D eigenvalue weighted by Gasteiger charge is 2.24. The molecule has 0 fully saturated rings. The smallest absolute Gasteiger partial charge is 0.330 e. The number of benzene rings is 2. The van der Waals surface area contributed by atoms with Crippen molar-refractivity contribution in [3.05, 3.63) is 64.7 Å². The zero-order chi connectivity index (χ0) is 19.2. The second kappa shape index (κ2) is 8.60. The Balaban J connectivity index is 1.55. The topological polar surface area (TPSA) is 99.4 Å². The van der Waals surface area contributed by atoms with Gasteiger partial charge in [0.05, 0.1) is 24.0 Å². The number of hydrogen-bond donors (Lipinski definition) is 2. The Morgan fingerprint density at radius 1 is 1.26 bits per heavy atom. The molecule has 1 unspecified atom stereocenters. The third-order valence-corrected chi connectivity index (χ3v) is 5.19. The van der Waals surface area contributed by atoms with Gasteiger partial charge in [0.15, 0.2) is 6.04 Å². The molecule has 1 aliphatic heterocycles. The van der Waals surface area contributed by atoms with Crippen molar-refractivity contribution in [2.24, 2.45) is 0 Å². The highest BCUT2D eigenvalue weighted by atomic mass is 32.2. The van der Waals surface area contributed by atoms with Crippen molar-refractivity contribution in [1.29, 1.82) is 5.26 Å². The van der Waals surface area contributed by atoms with E-state index in [1.807, 2.05) is 12.1 Å². The molecule has 0 saturated carbocycles. The molecule has 0 bridgehead atoms. The fourth-order valence-corrected chi connectivity index (χ4v) is 3.61. The van der Waals surface area contributed by atoms with Gasteiger partial charge in [0.2, 0.25) is 5.91 Å². The van der Waals surface area contributed by atoms with Crippen LogP contribution in [0.4, 0.5) is 0 Å². The summed E-state index contributed by atoms with van der Waals surface area (Å²) in [5.41, 5.74) is 3.09. The van der Waals surface area contributed by atoms with Crippen LogP contribution >= 0.6 is 11.8 Å². The van der Waals surface area contributed by atoms with Gasteiger partial charge < -0.3 is 15.2 Å². The van der Waals surface area contributed by atoms with Crippen LogP contribution in [0.3, 0.4) is 0 Å². The number of carboxylic acid groups (broad SMARTS) is 1. The molecule has 1 atom stereocenters. The number of amides is 1. The van der Waals surface area contributed by atoms with Crippen LogP contribution in [0.25, 0.3) is 0 Å². The van der Waals surface area contributed by atoms with Gasteiger partial charge in [-0.05, 0) is 41.0 Å². The van der Waals surface area contributed by atoms with Gasteiger partial charge in [-0.3, -0.25) is 4.79 Å². The summed E-state index contributed by atoms with van der Waals surface area (Å²) in [7, 11) is 0. The van der Waals surface area contributed by atoms with Crippen LogP contribution < -0.4 is 10.1 Å². The zero-order valence-corrected chi connectivity index (χ0v) is 15.3. The molecule has 0 saturated heterocycles. The van der Waals surface area contributed by atoms with Gasteiger partial charge in [-0.2, -0.15) is 5.26 Å². The predicted molar refractivity (Wildman–Crippen MR) is 101 cm³/mol. The third-order valence-electron chi connectivity index (χ3n) is 4.18. The van der Waals surface area contributed by atoms with E-state index in [1.165, 1.54) is 11.8 Å². The van der Waals surface area contributed by atoms with Crippen LogP contribution in [-0.2, 0) is 21.8 Å². The van der Waals surface area contributed by atoms with Crippen molar-refractivity contribution in [2.75, 3.05) is 12.4 Å². The van der Waals surface area contributed by atoms with E-state index in [9.17, 15) is 14.7 Å². The average Bonchev–Trinajstić information content (AvgIpc) is 3.14. The van der Waals surface area contributed by atoms with E-state index in [4.69, 9.17) is 10.00 Å². The van der Waals surface area contributed by atoms with E-state index < -0.39 is 12.0 Å². The number of rotatable bonds is 7. The van der Waals surface area contributed by atoms with E-state index in [-0.39, 0.29) is 11.7 Å². The molecule has 1 heterocycles. The molecule has 0 radical (unpaired) electrons. The quantitative estimate of drug-likeness (QED) is 0.764. The van der Waals surface area contributed by atoms with Gasteiger partial charge in [-0.1, -0.05) is 18.2 Å². The normalized spacial score (nSPS) is 13.1. The van der Waals surface area contributed by atoms with Crippen LogP contribution in [0.5, 0.6) is 5.75 Å². The van der Waals surface area contributed by atoms with Gasteiger partial charge in [0, 0.05) is 12.2 Å². The summed E-state index contributed by atoms with van der Waals surface area (Å²) in [5.74, 6) is 0.0921. The molecule has 1 aliphatic rings. The Labute approximate surface area is 161 Å². The first-order valence-electron chi connectivity index (χ1n) is 8.41. The number of nitrogens with one attached hydrogen (secondary N) is 1. The Bertz CT molecular complexity index is 890. The largest absolute Gasteiger partial charge is 0.493 e. The molecule has 138 valence electrons. The molecule has 27 heavy (non-hydrogen) atoms. The minimum atomic E-state index is -1.10. The minimum absolute atomic E-state index is 0.151. The summed E-state index contributed by atoms with van der Waals surface area (Å²) in [6.07, 6.45) is 0.740. The molecular formula is C20H18N2O4S. The molecule has 1 amide bonds. The summed E-state index contributed by atoms with van der Waals surface area (Å²) < 4.78 is 5.43. The number of aliphatic carboxylic acids is 1. The van der Waals surface area contributed by atoms with E-state index >= 15 is 0 Å². The fraction of sp³-hybridized carbons (Fsp3) is 0.250. The SMILES string of the molecule is N#Cc1ccc(CSCC(=O)NC(C(=O)O)c2ccc3c(c2)CCO3)cc1. The van der Waals surface area contributed by atoms with Gasteiger partial charge >= 0.3 is 5.97 Å². The molecule has 0 aromatic heterocycles. The number of carbonyl (C=O) groups excluding carboxylic acids is 1. The van der Waals surface area contributed by atoms with Crippen molar-refractivity contribution in [3.63, 3.8) is 0 Å². The van der Waals surface area contributed by atoms with E-state index in [0.29, 0.717) is 23.5 Å². The highest BCUT2D eigenvalue weighted by molar-refractivity contribution is 7.99. The maximum Gasteiger partial charge on any atom is 0.330 e. The molecular weight excluding hydrogens is 364 g/mol. The summed E-state index contributed by atoms with van der Waals surface area (Å²) in [6, 6.07) is 13.3. The molecule has 2 aromatic rings. The molecule has 2 N–H and O–H groups in total. The Hall–Kier alpha value is -2.98. The summed E-state index contributed by atoms with van der Waals surface area (Å²) in [4.78, 5) is 23.8. The van der Waals surface area contributed by atoms with Crippen molar-refractivity contribution < 1.29 is 19.4 Å². The van der Waals surface area contributed by atoms with Crippen LogP contribution in [0.2, 0.25) is 0 Å². The van der Waals surface area contributed by atoms with Crippen LogP contribution in [0.1, 0.15) is 28.3 Å². The third kappa shape index (κ3) is 4.80. The molecule has 2 aromatic carbocycles. The molecule has 3 rings (SSSR count). The van der Waals surface area contributed by atoms with E-state index in [2.05, 4.69) is 11.4 Å². The molecule has 0 spiro atoms. The van der Waals surface area contributed by atoms with Crippen LogP contribution in [0.15, 0.2) is 42.5 Å². The number of ether oxygens (including phenoxy) is 1. The monoisotopic (exact) mass is 382 g/mol. The van der Waals surface area contributed by atoms with E-state index in [0.717, 1.165) is 23.3 Å². The lowest BCUT2D eigenvalue weighted by Gasteiger charge is -2.15.